The van der Waals surface area contributed by atoms with Crippen LogP contribution in [0.3, 0.4) is 0 Å². The minimum atomic E-state index is -0.376. The zero-order valence-corrected chi connectivity index (χ0v) is 12.6. The van der Waals surface area contributed by atoms with Gasteiger partial charge >= 0.3 is 6.03 Å². The number of imide groups is 1. The molecule has 0 spiro atoms. The summed E-state index contributed by atoms with van der Waals surface area (Å²) in [5.41, 5.74) is 0. The molecule has 1 aromatic rings. The lowest BCUT2D eigenvalue weighted by Crippen LogP contribution is -2.38. The van der Waals surface area contributed by atoms with Gasteiger partial charge in [0.2, 0.25) is 11.0 Å². The van der Waals surface area contributed by atoms with Crippen LogP contribution >= 0.6 is 23.1 Å². The summed E-state index contributed by atoms with van der Waals surface area (Å²) in [6.07, 6.45) is 1.73. The molecule has 0 bridgehead atoms. The summed E-state index contributed by atoms with van der Waals surface area (Å²) in [7, 11) is 0. The van der Waals surface area contributed by atoms with Crippen molar-refractivity contribution in [2.45, 2.75) is 16.5 Å². The molecule has 0 unspecified atom stereocenters. The van der Waals surface area contributed by atoms with Crippen molar-refractivity contribution >= 4 is 40.2 Å². The fourth-order valence-electron chi connectivity index (χ4n) is 1.59. The summed E-state index contributed by atoms with van der Waals surface area (Å²) >= 11 is 2.68. The van der Waals surface area contributed by atoms with E-state index in [1.54, 1.807) is 13.0 Å². The van der Waals surface area contributed by atoms with Gasteiger partial charge in [0.15, 0.2) is 4.34 Å². The quantitative estimate of drug-likeness (QED) is 0.605. The summed E-state index contributed by atoms with van der Waals surface area (Å²) in [6, 6.07) is -0.326. The Bertz CT molecular complexity index is 519. The highest BCUT2D eigenvalue weighted by atomic mass is 32.2. The van der Waals surface area contributed by atoms with Gasteiger partial charge in [0.1, 0.15) is 0 Å². The van der Waals surface area contributed by atoms with Crippen molar-refractivity contribution in [1.82, 2.24) is 20.4 Å². The fraction of sp³-hybridized carbons (Fsp3) is 0.455. The van der Waals surface area contributed by atoms with E-state index in [0.717, 1.165) is 0 Å². The van der Waals surface area contributed by atoms with Crippen LogP contribution in [-0.2, 0) is 4.79 Å². The number of aromatic nitrogens is 2. The number of nitrogens with zero attached hydrogens (tertiary/aromatic N) is 3. The number of hydrogen-bond donors (Lipinski definition) is 2. The van der Waals surface area contributed by atoms with E-state index in [0.29, 0.717) is 29.1 Å². The minimum Gasteiger partial charge on any atom is -0.357 e. The predicted molar refractivity (Wildman–Crippen MR) is 79.0 cm³/mol. The van der Waals surface area contributed by atoms with Gasteiger partial charge in [-0.25, -0.2) is 4.79 Å². The molecule has 9 heteroatoms. The van der Waals surface area contributed by atoms with E-state index in [4.69, 9.17) is 0 Å². The molecule has 1 aromatic heterocycles. The summed E-state index contributed by atoms with van der Waals surface area (Å²) in [4.78, 5) is 24.8. The SMILES string of the molecule is C=CCNc1nnc(S[C@H](C)C(=O)N2CCNC2=O)s1. The molecule has 2 heterocycles. The first kappa shape index (κ1) is 14.8. The highest BCUT2D eigenvalue weighted by Gasteiger charge is 2.30. The number of thioether (sulfide) groups is 1. The largest absolute Gasteiger partial charge is 0.357 e. The first-order valence-corrected chi connectivity index (χ1v) is 7.75. The number of urea groups is 1. The molecule has 0 aromatic carbocycles. The van der Waals surface area contributed by atoms with Gasteiger partial charge < -0.3 is 10.6 Å². The summed E-state index contributed by atoms with van der Waals surface area (Å²) in [5.74, 6) is -0.208. The molecule has 0 radical (unpaired) electrons. The van der Waals surface area contributed by atoms with Crippen molar-refractivity contribution in [3.8, 4) is 0 Å². The van der Waals surface area contributed by atoms with Crippen LogP contribution in [-0.4, -0.2) is 51.9 Å². The van der Waals surface area contributed by atoms with Gasteiger partial charge in [-0.05, 0) is 6.92 Å². The first-order chi connectivity index (χ1) is 9.61. The Morgan fingerprint density at radius 1 is 1.70 bits per heavy atom. The van der Waals surface area contributed by atoms with Gasteiger partial charge in [0, 0.05) is 19.6 Å². The first-order valence-electron chi connectivity index (χ1n) is 6.06. The van der Waals surface area contributed by atoms with Crippen molar-refractivity contribution in [3.05, 3.63) is 12.7 Å². The Kier molecular flexibility index (Phi) is 4.96. The highest BCUT2D eigenvalue weighted by molar-refractivity contribution is 8.02. The smallest absolute Gasteiger partial charge is 0.324 e. The third-order valence-electron chi connectivity index (χ3n) is 2.55. The van der Waals surface area contributed by atoms with Crippen LogP contribution < -0.4 is 10.6 Å². The standard InChI is InChI=1S/C11H15N5O2S2/c1-3-4-12-9-14-15-11(20-9)19-7(2)8(17)16-6-5-13-10(16)18/h3,7H,1,4-6H2,2H3,(H,12,14)(H,13,18)/t7-/m1/s1. The Labute approximate surface area is 124 Å². The number of rotatable bonds is 6. The van der Waals surface area contributed by atoms with Crippen LogP contribution in [0.15, 0.2) is 17.0 Å². The van der Waals surface area contributed by atoms with Crippen LogP contribution in [0, 0.1) is 0 Å². The number of anilines is 1. The molecule has 0 saturated carbocycles. The molecule has 1 saturated heterocycles. The van der Waals surface area contributed by atoms with E-state index >= 15 is 0 Å². The topological polar surface area (TPSA) is 87.2 Å². The number of amides is 3. The molecular formula is C11H15N5O2S2. The van der Waals surface area contributed by atoms with Gasteiger partial charge in [-0.1, -0.05) is 29.2 Å². The molecule has 20 heavy (non-hydrogen) atoms. The molecule has 1 fully saturated rings. The molecule has 2 rings (SSSR count). The summed E-state index contributed by atoms with van der Waals surface area (Å²) < 4.78 is 0.692. The Hall–Kier alpha value is -1.61. The van der Waals surface area contributed by atoms with Gasteiger partial charge in [-0.3, -0.25) is 9.69 Å². The van der Waals surface area contributed by atoms with Gasteiger partial charge in [-0.2, -0.15) is 0 Å². The van der Waals surface area contributed by atoms with Crippen LogP contribution in [0.2, 0.25) is 0 Å². The fourth-order valence-corrected chi connectivity index (χ4v) is 3.56. The normalized spacial score (nSPS) is 15.8. The van der Waals surface area contributed by atoms with Crippen LogP contribution in [0.1, 0.15) is 6.92 Å². The van der Waals surface area contributed by atoms with Crippen LogP contribution in [0.5, 0.6) is 0 Å². The monoisotopic (exact) mass is 313 g/mol. The van der Waals surface area contributed by atoms with Gasteiger partial charge in [-0.15, -0.1) is 16.8 Å². The van der Waals surface area contributed by atoms with E-state index in [1.807, 2.05) is 0 Å². The van der Waals surface area contributed by atoms with E-state index in [2.05, 4.69) is 27.4 Å². The summed E-state index contributed by atoms with van der Waals surface area (Å²) in [6.45, 7) is 6.91. The van der Waals surface area contributed by atoms with E-state index in [9.17, 15) is 9.59 Å². The number of carbonyl (C=O) groups excluding carboxylic acids is 2. The maximum Gasteiger partial charge on any atom is 0.324 e. The Morgan fingerprint density at radius 2 is 2.50 bits per heavy atom. The summed E-state index contributed by atoms with van der Waals surface area (Å²) in [5, 5.41) is 13.9. The zero-order valence-electron chi connectivity index (χ0n) is 11.0. The maximum atomic E-state index is 12.1. The lowest BCUT2D eigenvalue weighted by molar-refractivity contribution is -0.126. The second-order valence-corrected chi connectivity index (χ2v) is 6.59. The van der Waals surface area contributed by atoms with Gasteiger partial charge in [0.05, 0.1) is 5.25 Å². The number of carbonyl (C=O) groups is 2. The molecule has 108 valence electrons. The van der Waals surface area contributed by atoms with E-state index in [1.165, 1.54) is 28.0 Å². The molecular weight excluding hydrogens is 298 g/mol. The van der Waals surface area contributed by atoms with Crippen LogP contribution in [0.4, 0.5) is 9.93 Å². The lowest BCUT2D eigenvalue weighted by Gasteiger charge is -2.16. The molecule has 3 amide bonds. The molecule has 1 atom stereocenters. The second kappa shape index (κ2) is 6.71. The van der Waals surface area contributed by atoms with Crippen molar-refractivity contribution in [3.63, 3.8) is 0 Å². The number of hydrogen-bond acceptors (Lipinski definition) is 7. The van der Waals surface area contributed by atoms with Crippen molar-refractivity contribution in [2.24, 2.45) is 0 Å². The molecule has 1 aliphatic heterocycles. The second-order valence-electron chi connectivity index (χ2n) is 4.02. The minimum absolute atomic E-state index is 0.208. The third-order valence-corrected chi connectivity index (χ3v) is 4.61. The maximum absolute atomic E-state index is 12.1. The third kappa shape index (κ3) is 3.48. The lowest BCUT2D eigenvalue weighted by atomic mass is 10.4. The van der Waals surface area contributed by atoms with Gasteiger partial charge in [0.25, 0.3) is 0 Å². The van der Waals surface area contributed by atoms with E-state index < -0.39 is 0 Å². The van der Waals surface area contributed by atoms with Crippen LogP contribution in [0.25, 0.3) is 0 Å². The van der Waals surface area contributed by atoms with Crippen molar-refractivity contribution < 1.29 is 9.59 Å². The van der Waals surface area contributed by atoms with Crippen molar-refractivity contribution in [2.75, 3.05) is 25.0 Å². The molecule has 2 N–H and O–H groups in total. The molecule has 7 nitrogen and oxygen atoms in total. The molecule has 1 aliphatic rings. The average Bonchev–Trinajstić information content (AvgIpc) is 3.04. The Balaban J connectivity index is 1.91. The van der Waals surface area contributed by atoms with Crippen molar-refractivity contribution in [1.29, 1.82) is 0 Å². The zero-order chi connectivity index (χ0) is 14.5. The number of nitrogens with one attached hydrogen (secondary N) is 2. The predicted octanol–water partition coefficient (Wildman–Crippen LogP) is 1.17. The highest BCUT2D eigenvalue weighted by Crippen LogP contribution is 2.29. The van der Waals surface area contributed by atoms with E-state index in [-0.39, 0.29) is 17.2 Å². The molecule has 0 aliphatic carbocycles. The Morgan fingerprint density at radius 3 is 3.15 bits per heavy atom. The average molecular weight is 313 g/mol.